The molecular weight excluding hydrogens is 223 g/mol. The molecule has 92 valence electrons. The molecule has 6 heteroatoms. The highest BCUT2D eigenvalue weighted by molar-refractivity contribution is 5.39. The Labute approximate surface area is 98.6 Å². The highest BCUT2D eigenvalue weighted by Gasteiger charge is 2.43. The van der Waals surface area contributed by atoms with Gasteiger partial charge >= 0.3 is 0 Å². The van der Waals surface area contributed by atoms with Crippen LogP contribution in [-0.4, -0.2) is 34.3 Å². The van der Waals surface area contributed by atoms with Crippen molar-refractivity contribution in [2.75, 3.05) is 5.73 Å². The summed E-state index contributed by atoms with van der Waals surface area (Å²) >= 11 is 0. The van der Waals surface area contributed by atoms with Gasteiger partial charge in [-0.05, 0) is 12.8 Å². The van der Waals surface area contributed by atoms with Crippen molar-refractivity contribution in [1.82, 2.24) is 15.3 Å². The van der Waals surface area contributed by atoms with Gasteiger partial charge in [-0.1, -0.05) is 0 Å². The summed E-state index contributed by atoms with van der Waals surface area (Å²) in [5.41, 5.74) is 5.63. The molecule has 17 heavy (non-hydrogen) atoms. The average Bonchev–Trinajstić information content (AvgIpc) is 2.73. The van der Waals surface area contributed by atoms with Crippen LogP contribution in [0.3, 0.4) is 0 Å². The number of nitrogens with two attached hydrogens (primary N) is 1. The third-order valence-corrected chi connectivity index (χ3v) is 3.49. The van der Waals surface area contributed by atoms with E-state index in [0.29, 0.717) is 12.5 Å². The zero-order valence-corrected chi connectivity index (χ0v) is 9.34. The summed E-state index contributed by atoms with van der Waals surface area (Å²) < 4.78 is 19.6. The maximum Gasteiger partial charge on any atom is 0.257 e. The lowest BCUT2D eigenvalue weighted by Crippen LogP contribution is -2.51. The lowest BCUT2D eigenvalue weighted by Gasteiger charge is -2.32. The Balaban J connectivity index is 1.75. The van der Waals surface area contributed by atoms with E-state index in [2.05, 4.69) is 15.3 Å². The normalized spacial score (nSPS) is 35.8. The molecule has 0 unspecified atom stereocenters. The maximum absolute atomic E-state index is 14.1. The molecule has 4 atom stereocenters. The molecule has 3 N–H and O–H groups in total. The predicted octanol–water partition coefficient (Wildman–Crippen LogP) is 0.669. The van der Waals surface area contributed by atoms with E-state index in [1.165, 1.54) is 12.4 Å². The first-order valence-corrected chi connectivity index (χ1v) is 5.87. The second-order valence-corrected chi connectivity index (χ2v) is 4.63. The summed E-state index contributed by atoms with van der Waals surface area (Å²) in [5.74, 6) is 0.451. The van der Waals surface area contributed by atoms with Crippen molar-refractivity contribution < 1.29 is 9.13 Å². The van der Waals surface area contributed by atoms with Gasteiger partial charge in [0.1, 0.15) is 6.10 Å². The minimum absolute atomic E-state index is 0.0864. The van der Waals surface area contributed by atoms with Crippen molar-refractivity contribution in [2.24, 2.45) is 0 Å². The topological polar surface area (TPSA) is 73.1 Å². The maximum atomic E-state index is 14.1. The molecule has 3 rings (SSSR count). The summed E-state index contributed by atoms with van der Waals surface area (Å²) in [4.78, 5) is 7.86. The molecule has 2 fully saturated rings. The number of nitrogens with zero attached hydrogens (tertiary/aromatic N) is 2. The van der Waals surface area contributed by atoms with E-state index in [1.807, 2.05) is 0 Å². The van der Waals surface area contributed by atoms with Crippen LogP contribution in [0.2, 0.25) is 0 Å². The van der Waals surface area contributed by atoms with Gasteiger partial charge in [-0.25, -0.2) is 14.4 Å². The quantitative estimate of drug-likeness (QED) is 0.792. The van der Waals surface area contributed by atoms with Crippen LogP contribution in [0.1, 0.15) is 19.3 Å². The number of hydrogen-bond donors (Lipinski definition) is 2. The highest BCUT2D eigenvalue weighted by atomic mass is 19.1. The van der Waals surface area contributed by atoms with Gasteiger partial charge in [-0.2, -0.15) is 0 Å². The molecule has 0 aliphatic carbocycles. The first-order valence-electron chi connectivity index (χ1n) is 5.87. The number of fused-ring (bicyclic) bond motifs is 2. The molecule has 2 aliphatic rings. The number of alkyl halides is 1. The van der Waals surface area contributed by atoms with E-state index in [-0.39, 0.29) is 17.7 Å². The summed E-state index contributed by atoms with van der Waals surface area (Å²) in [6.45, 7) is 0. The number of rotatable bonds is 2. The fraction of sp³-hybridized carbons (Fsp3) is 0.636. The van der Waals surface area contributed by atoms with Crippen LogP contribution in [0.5, 0.6) is 5.88 Å². The Morgan fingerprint density at radius 3 is 3.00 bits per heavy atom. The van der Waals surface area contributed by atoms with Crippen LogP contribution < -0.4 is 15.8 Å². The Bertz CT molecular complexity index is 416. The van der Waals surface area contributed by atoms with Crippen LogP contribution in [0, 0.1) is 0 Å². The first-order chi connectivity index (χ1) is 8.24. The molecule has 5 nitrogen and oxygen atoms in total. The van der Waals surface area contributed by atoms with Crippen LogP contribution in [0.4, 0.5) is 10.2 Å². The molecular formula is C11H15FN4O. The first kappa shape index (κ1) is 10.7. The number of ether oxygens (including phenoxy) is 1. The molecule has 2 saturated heterocycles. The number of halogens is 1. The molecule has 2 aliphatic heterocycles. The number of nitrogen functional groups attached to an aromatic ring is 1. The second-order valence-electron chi connectivity index (χ2n) is 4.63. The summed E-state index contributed by atoms with van der Waals surface area (Å²) in [6, 6.07) is 0.270. The van der Waals surface area contributed by atoms with Gasteiger partial charge in [-0.3, -0.25) is 0 Å². The number of piperidine rings is 1. The van der Waals surface area contributed by atoms with Crippen LogP contribution in [-0.2, 0) is 0 Å². The summed E-state index contributed by atoms with van der Waals surface area (Å²) in [5, 5.41) is 3.25. The monoisotopic (exact) mass is 238 g/mol. The molecule has 1 aromatic rings. The highest BCUT2D eigenvalue weighted by Crippen LogP contribution is 2.32. The molecule has 0 amide bonds. The SMILES string of the molecule is Nc1nccnc1O[C@@H]1C[C@H]2CC[C@H](N2)[C@H]1F. The molecule has 3 heterocycles. The van der Waals surface area contributed by atoms with Gasteiger partial charge in [0.2, 0.25) is 0 Å². The average molecular weight is 238 g/mol. The molecule has 0 saturated carbocycles. The summed E-state index contributed by atoms with van der Waals surface area (Å²) in [6.07, 6.45) is 4.06. The van der Waals surface area contributed by atoms with Gasteiger partial charge in [0.05, 0.1) is 0 Å². The van der Waals surface area contributed by atoms with Gasteiger partial charge in [0.25, 0.3) is 5.88 Å². The Morgan fingerprint density at radius 2 is 2.18 bits per heavy atom. The van der Waals surface area contributed by atoms with E-state index in [0.717, 1.165) is 12.8 Å². The van der Waals surface area contributed by atoms with Crippen molar-refractivity contribution in [3.8, 4) is 5.88 Å². The number of aromatic nitrogens is 2. The van der Waals surface area contributed by atoms with Gasteiger partial charge in [0.15, 0.2) is 12.0 Å². The van der Waals surface area contributed by atoms with Gasteiger partial charge < -0.3 is 15.8 Å². The Hall–Kier alpha value is -1.43. The van der Waals surface area contributed by atoms with Crippen LogP contribution >= 0.6 is 0 Å². The standard InChI is InChI=1S/C11H15FN4O/c12-9-7-2-1-6(16-7)5-8(9)17-11-10(13)14-3-4-15-11/h3-4,6-9,16H,1-2,5H2,(H2,13,14)/t6-,7+,8-,9-/m1/s1. The fourth-order valence-electron chi connectivity index (χ4n) is 2.64. The van der Waals surface area contributed by atoms with Crippen molar-refractivity contribution >= 4 is 5.82 Å². The van der Waals surface area contributed by atoms with Crippen LogP contribution in [0.25, 0.3) is 0 Å². The molecule has 1 aromatic heterocycles. The van der Waals surface area contributed by atoms with Crippen molar-refractivity contribution in [3.05, 3.63) is 12.4 Å². The third kappa shape index (κ3) is 1.93. The molecule has 0 spiro atoms. The zero-order chi connectivity index (χ0) is 11.8. The minimum atomic E-state index is -1.00. The lowest BCUT2D eigenvalue weighted by molar-refractivity contribution is 0.0431. The van der Waals surface area contributed by atoms with E-state index in [4.69, 9.17) is 10.5 Å². The lowest BCUT2D eigenvalue weighted by atomic mass is 10.0. The predicted molar refractivity (Wildman–Crippen MR) is 60.3 cm³/mol. The number of nitrogens with one attached hydrogen (secondary N) is 1. The second kappa shape index (κ2) is 4.10. The Morgan fingerprint density at radius 1 is 1.35 bits per heavy atom. The number of hydrogen-bond acceptors (Lipinski definition) is 5. The van der Waals surface area contributed by atoms with Gasteiger partial charge in [-0.15, -0.1) is 0 Å². The molecule has 0 aromatic carbocycles. The number of anilines is 1. The van der Waals surface area contributed by atoms with E-state index in [1.54, 1.807) is 0 Å². The smallest absolute Gasteiger partial charge is 0.257 e. The van der Waals surface area contributed by atoms with Gasteiger partial charge in [0, 0.05) is 30.9 Å². The molecule has 0 radical (unpaired) electrons. The summed E-state index contributed by atoms with van der Waals surface area (Å²) in [7, 11) is 0. The Kier molecular flexibility index (Phi) is 2.58. The van der Waals surface area contributed by atoms with E-state index >= 15 is 0 Å². The fourth-order valence-corrected chi connectivity index (χ4v) is 2.64. The van der Waals surface area contributed by atoms with Crippen LogP contribution in [0.15, 0.2) is 12.4 Å². The van der Waals surface area contributed by atoms with E-state index < -0.39 is 12.3 Å². The third-order valence-electron chi connectivity index (χ3n) is 3.49. The van der Waals surface area contributed by atoms with Crippen molar-refractivity contribution in [2.45, 2.75) is 43.6 Å². The van der Waals surface area contributed by atoms with Crippen molar-refractivity contribution in [1.29, 1.82) is 0 Å². The van der Waals surface area contributed by atoms with E-state index in [9.17, 15) is 4.39 Å². The minimum Gasteiger partial charge on any atom is -0.469 e. The van der Waals surface area contributed by atoms with Crippen molar-refractivity contribution in [3.63, 3.8) is 0 Å². The zero-order valence-electron chi connectivity index (χ0n) is 9.34. The largest absolute Gasteiger partial charge is 0.469 e. The molecule has 2 bridgehead atoms.